The first kappa shape index (κ1) is 21.8. The van der Waals surface area contributed by atoms with E-state index in [1.807, 2.05) is 85.8 Å². The average Bonchev–Trinajstić information content (AvgIpc) is 3.56. The van der Waals surface area contributed by atoms with Crippen LogP contribution in [0, 0.1) is 12.8 Å². The Bertz CT molecular complexity index is 1400. The molecule has 2 aliphatic heterocycles. The maximum absolute atomic E-state index is 13.7. The van der Waals surface area contributed by atoms with Crippen molar-refractivity contribution in [3.8, 4) is 11.3 Å². The number of aryl methyl sites for hydroxylation is 1. The summed E-state index contributed by atoms with van der Waals surface area (Å²) in [5, 5.41) is 1.64. The number of furan rings is 1. The number of benzene rings is 3. The molecule has 174 valence electrons. The van der Waals surface area contributed by atoms with Gasteiger partial charge in [-0.25, -0.2) is 9.96 Å². The van der Waals surface area contributed by atoms with E-state index in [0.29, 0.717) is 17.2 Å². The monoisotopic (exact) mass is 528 g/mol. The zero-order valence-electron chi connectivity index (χ0n) is 18.8. The molecule has 0 N–H and O–H groups in total. The van der Waals surface area contributed by atoms with E-state index < -0.39 is 18.1 Å². The second-order valence-electron chi connectivity index (χ2n) is 8.71. The standard InChI is InChI=1S/C28H21BrN2O4/c1-17-7-13-20(14-8-17)30-27(32)24-25(23-16-15-22(34-23)18-9-11-19(29)12-10-18)31(35-26(24)28(30)33)21-5-3-2-4-6-21/h2-16,24-26H,1H3/t24-,25+,26-/m0/s1. The lowest BCUT2D eigenvalue weighted by Crippen LogP contribution is -2.37. The molecule has 6 nitrogen and oxygen atoms in total. The van der Waals surface area contributed by atoms with Crippen LogP contribution in [-0.4, -0.2) is 17.9 Å². The van der Waals surface area contributed by atoms with E-state index in [-0.39, 0.29) is 11.8 Å². The molecule has 4 aromatic rings. The van der Waals surface area contributed by atoms with Gasteiger partial charge in [0.1, 0.15) is 23.5 Å². The first-order valence-corrected chi connectivity index (χ1v) is 12.1. The maximum Gasteiger partial charge on any atom is 0.266 e. The molecule has 0 unspecified atom stereocenters. The molecule has 0 bridgehead atoms. The topological polar surface area (TPSA) is 63.0 Å². The van der Waals surface area contributed by atoms with Gasteiger partial charge in [0, 0.05) is 10.0 Å². The van der Waals surface area contributed by atoms with Crippen molar-refractivity contribution in [2.75, 3.05) is 9.96 Å². The second kappa shape index (κ2) is 8.52. The van der Waals surface area contributed by atoms with Gasteiger partial charge in [-0.15, -0.1) is 0 Å². The molecule has 2 aliphatic rings. The van der Waals surface area contributed by atoms with Gasteiger partial charge in [-0.1, -0.05) is 64.0 Å². The van der Waals surface area contributed by atoms with E-state index in [4.69, 9.17) is 9.25 Å². The largest absolute Gasteiger partial charge is 0.459 e. The van der Waals surface area contributed by atoms with E-state index in [9.17, 15) is 9.59 Å². The molecule has 7 heteroatoms. The van der Waals surface area contributed by atoms with Crippen LogP contribution in [0.2, 0.25) is 0 Å². The van der Waals surface area contributed by atoms with Crippen LogP contribution in [-0.2, 0) is 14.4 Å². The molecule has 35 heavy (non-hydrogen) atoms. The van der Waals surface area contributed by atoms with Crippen LogP contribution in [0.1, 0.15) is 17.4 Å². The van der Waals surface area contributed by atoms with Gasteiger partial charge in [-0.05, 0) is 55.5 Å². The van der Waals surface area contributed by atoms with Crippen LogP contribution in [0.4, 0.5) is 11.4 Å². The van der Waals surface area contributed by atoms with Crippen molar-refractivity contribution in [2.45, 2.75) is 19.1 Å². The fourth-order valence-electron chi connectivity index (χ4n) is 4.73. The highest BCUT2D eigenvalue weighted by atomic mass is 79.9. The lowest BCUT2D eigenvalue weighted by atomic mass is 9.94. The minimum absolute atomic E-state index is 0.297. The Morgan fingerprint density at radius 1 is 0.771 bits per heavy atom. The Kier molecular flexibility index (Phi) is 5.31. The molecule has 6 rings (SSSR count). The van der Waals surface area contributed by atoms with Crippen molar-refractivity contribution in [2.24, 2.45) is 5.92 Å². The highest BCUT2D eigenvalue weighted by Gasteiger charge is 2.61. The number of hydrogen-bond acceptors (Lipinski definition) is 5. The number of rotatable bonds is 4. The number of nitrogens with zero attached hydrogens (tertiary/aromatic N) is 2. The van der Waals surface area contributed by atoms with Crippen LogP contribution in [0.5, 0.6) is 0 Å². The zero-order valence-corrected chi connectivity index (χ0v) is 20.4. The van der Waals surface area contributed by atoms with Gasteiger partial charge in [0.15, 0.2) is 6.10 Å². The molecule has 3 heterocycles. The van der Waals surface area contributed by atoms with Gasteiger partial charge in [0.25, 0.3) is 5.91 Å². The molecule has 2 amide bonds. The molecule has 3 atom stereocenters. The summed E-state index contributed by atoms with van der Waals surface area (Å²) in [4.78, 5) is 34.5. The van der Waals surface area contributed by atoms with Gasteiger partial charge in [-0.2, -0.15) is 0 Å². The van der Waals surface area contributed by atoms with Crippen molar-refractivity contribution < 1.29 is 18.8 Å². The smallest absolute Gasteiger partial charge is 0.266 e. The zero-order chi connectivity index (χ0) is 24.1. The number of para-hydroxylation sites is 1. The van der Waals surface area contributed by atoms with Crippen LogP contribution in [0.15, 0.2) is 99.9 Å². The van der Waals surface area contributed by atoms with Gasteiger partial charge >= 0.3 is 0 Å². The van der Waals surface area contributed by atoms with E-state index in [2.05, 4.69) is 15.9 Å². The first-order chi connectivity index (χ1) is 17.0. The SMILES string of the molecule is Cc1ccc(N2C(=O)[C@@H]3[C@H](ON(c4ccccc4)[C@@H]3c3ccc(-c4ccc(Br)cc4)o3)C2=O)cc1. The summed E-state index contributed by atoms with van der Waals surface area (Å²) in [5.41, 5.74) is 3.25. The van der Waals surface area contributed by atoms with Gasteiger partial charge < -0.3 is 4.42 Å². The third-order valence-corrected chi connectivity index (χ3v) is 6.99. The summed E-state index contributed by atoms with van der Waals surface area (Å²) >= 11 is 3.45. The maximum atomic E-state index is 13.7. The van der Waals surface area contributed by atoms with E-state index >= 15 is 0 Å². The Morgan fingerprint density at radius 3 is 2.20 bits per heavy atom. The fourth-order valence-corrected chi connectivity index (χ4v) is 5.00. The predicted octanol–water partition coefficient (Wildman–Crippen LogP) is 6.07. The Labute approximate surface area is 210 Å². The fraction of sp³-hybridized carbons (Fsp3) is 0.143. The summed E-state index contributed by atoms with van der Waals surface area (Å²) in [6, 6.07) is 27.8. The summed E-state index contributed by atoms with van der Waals surface area (Å²) in [6.07, 6.45) is -0.935. The molecule has 3 aromatic carbocycles. The Balaban J connectivity index is 1.41. The number of halogens is 1. The number of imide groups is 1. The molecule has 0 aliphatic carbocycles. The van der Waals surface area contributed by atoms with Crippen molar-refractivity contribution in [1.29, 1.82) is 0 Å². The Morgan fingerprint density at radius 2 is 1.49 bits per heavy atom. The minimum Gasteiger partial charge on any atom is -0.459 e. The summed E-state index contributed by atoms with van der Waals surface area (Å²) in [6.45, 7) is 1.96. The van der Waals surface area contributed by atoms with E-state index in [1.165, 1.54) is 4.90 Å². The average molecular weight is 529 g/mol. The number of carbonyl (C=O) groups excluding carboxylic acids is 2. The number of hydrogen-bond donors (Lipinski definition) is 0. The normalized spacial score (nSPS) is 21.6. The number of hydroxylamine groups is 1. The third kappa shape index (κ3) is 3.68. The van der Waals surface area contributed by atoms with E-state index in [1.54, 1.807) is 17.2 Å². The molecule has 1 aromatic heterocycles. The first-order valence-electron chi connectivity index (χ1n) is 11.3. The molecular formula is C28H21BrN2O4. The highest BCUT2D eigenvalue weighted by molar-refractivity contribution is 9.10. The number of fused-ring (bicyclic) bond motifs is 1. The summed E-state index contributed by atoms with van der Waals surface area (Å²) < 4.78 is 7.25. The molecule has 0 spiro atoms. The summed E-state index contributed by atoms with van der Waals surface area (Å²) in [5.74, 6) is -0.170. The summed E-state index contributed by atoms with van der Waals surface area (Å²) in [7, 11) is 0. The Hall–Kier alpha value is -3.68. The van der Waals surface area contributed by atoms with Crippen LogP contribution < -0.4 is 9.96 Å². The molecule has 0 saturated carbocycles. The number of carbonyl (C=O) groups is 2. The quantitative estimate of drug-likeness (QED) is 0.301. The second-order valence-corrected chi connectivity index (χ2v) is 9.63. The molecule has 2 fully saturated rings. The van der Waals surface area contributed by atoms with Crippen molar-refractivity contribution in [3.05, 3.63) is 107 Å². The molecule has 0 radical (unpaired) electrons. The minimum atomic E-state index is -0.935. The van der Waals surface area contributed by atoms with Gasteiger partial charge in [0.2, 0.25) is 5.91 Å². The third-order valence-electron chi connectivity index (χ3n) is 6.47. The van der Waals surface area contributed by atoms with Crippen molar-refractivity contribution in [1.82, 2.24) is 0 Å². The lowest BCUT2D eigenvalue weighted by molar-refractivity contribution is -0.126. The highest BCUT2D eigenvalue weighted by Crippen LogP contribution is 2.48. The number of anilines is 2. The molecule has 2 saturated heterocycles. The van der Waals surface area contributed by atoms with Crippen LogP contribution in [0.25, 0.3) is 11.3 Å². The van der Waals surface area contributed by atoms with E-state index in [0.717, 1.165) is 21.3 Å². The van der Waals surface area contributed by atoms with Gasteiger partial charge in [-0.3, -0.25) is 14.4 Å². The lowest BCUT2D eigenvalue weighted by Gasteiger charge is -2.27. The molecular weight excluding hydrogens is 508 g/mol. The van der Waals surface area contributed by atoms with Crippen molar-refractivity contribution >= 4 is 39.1 Å². The predicted molar refractivity (Wildman–Crippen MR) is 136 cm³/mol. The van der Waals surface area contributed by atoms with Crippen LogP contribution in [0.3, 0.4) is 0 Å². The van der Waals surface area contributed by atoms with Gasteiger partial charge in [0.05, 0.1) is 11.4 Å². The van der Waals surface area contributed by atoms with Crippen molar-refractivity contribution in [3.63, 3.8) is 0 Å². The number of amides is 2. The van der Waals surface area contributed by atoms with Crippen LogP contribution >= 0.6 is 15.9 Å².